The number of phenolic OH excluding ortho intramolecular Hbond substituents is 1. The fourth-order valence-corrected chi connectivity index (χ4v) is 2.76. The zero-order chi connectivity index (χ0) is 12.4. The third-order valence-corrected chi connectivity index (χ3v) is 3.68. The van der Waals surface area contributed by atoms with Crippen LogP contribution in [0.25, 0.3) is 0 Å². The van der Waals surface area contributed by atoms with Crippen LogP contribution in [0.1, 0.15) is 18.1 Å². The van der Waals surface area contributed by atoms with E-state index in [9.17, 15) is 5.11 Å². The van der Waals surface area contributed by atoms with E-state index in [4.69, 9.17) is 4.74 Å². The number of phenols is 1. The van der Waals surface area contributed by atoms with Gasteiger partial charge in [0.15, 0.2) is 0 Å². The summed E-state index contributed by atoms with van der Waals surface area (Å²) in [6, 6.07) is 4.33. The Morgan fingerprint density at radius 2 is 2.29 bits per heavy atom. The Morgan fingerprint density at radius 1 is 1.53 bits per heavy atom. The minimum Gasteiger partial charge on any atom is -0.507 e. The van der Waals surface area contributed by atoms with E-state index in [0.29, 0.717) is 11.8 Å². The number of ether oxygens (including phenoxy) is 1. The molecule has 0 spiro atoms. The fourth-order valence-electron chi connectivity index (χ4n) is 2.14. The van der Waals surface area contributed by atoms with E-state index in [2.05, 4.69) is 27.8 Å². The van der Waals surface area contributed by atoms with Crippen molar-refractivity contribution in [2.75, 3.05) is 19.8 Å². The lowest BCUT2D eigenvalue weighted by Crippen LogP contribution is -2.42. The molecule has 2 rings (SSSR count). The quantitative estimate of drug-likeness (QED) is 0.911. The lowest BCUT2D eigenvalue weighted by atomic mass is 10.1. The first-order chi connectivity index (χ1) is 8.08. The van der Waals surface area contributed by atoms with E-state index in [-0.39, 0.29) is 0 Å². The van der Waals surface area contributed by atoms with Crippen molar-refractivity contribution in [3.63, 3.8) is 0 Å². The summed E-state index contributed by atoms with van der Waals surface area (Å²) in [5, 5.41) is 10.1. The van der Waals surface area contributed by atoms with Crippen molar-refractivity contribution in [2.45, 2.75) is 26.4 Å². The molecule has 94 valence electrons. The van der Waals surface area contributed by atoms with E-state index in [0.717, 1.165) is 41.9 Å². The molecule has 3 nitrogen and oxygen atoms in total. The summed E-state index contributed by atoms with van der Waals surface area (Å²) in [4.78, 5) is 2.34. The Bertz CT molecular complexity index is 409. The molecule has 0 amide bonds. The molecule has 0 bridgehead atoms. The number of nitrogens with zero attached hydrogens (tertiary/aromatic N) is 1. The van der Waals surface area contributed by atoms with Gasteiger partial charge in [0.25, 0.3) is 0 Å². The summed E-state index contributed by atoms with van der Waals surface area (Å²) >= 11 is 3.47. The van der Waals surface area contributed by atoms with Gasteiger partial charge < -0.3 is 9.84 Å². The predicted octanol–water partition coefficient (Wildman–Crippen LogP) is 2.68. The van der Waals surface area contributed by atoms with Gasteiger partial charge in [0.05, 0.1) is 13.2 Å². The van der Waals surface area contributed by atoms with Gasteiger partial charge in [-0.2, -0.15) is 0 Å². The Labute approximate surface area is 111 Å². The molecule has 1 fully saturated rings. The molecule has 17 heavy (non-hydrogen) atoms. The van der Waals surface area contributed by atoms with Gasteiger partial charge in [-0.3, -0.25) is 4.90 Å². The molecule has 0 aromatic heterocycles. The van der Waals surface area contributed by atoms with E-state index >= 15 is 0 Å². The van der Waals surface area contributed by atoms with Crippen LogP contribution in [0.4, 0.5) is 0 Å². The smallest absolute Gasteiger partial charge is 0.123 e. The molecule has 0 aliphatic carbocycles. The zero-order valence-corrected chi connectivity index (χ0v) is 11.8. The summed E-state index contributed by atoms with van der Waals surface area (Å²) in [6.07, 6.45) is 0. The summed E-state index contributed by atoms with van der Waals surface area (Å²) in [6.45, 7) is 7.32. The maximum absolute atomic E-state index is 10.1. The second kappa shape index (κ2) is 5.38. The van der Waals surface area contributed by atoms with E-state index < -0.39 is 0 Å². The Balaban J connectivity index is 2.17. The van der Waals surface area contributed by atoms with Gasteiger partial charge in [-0.05, 0) is 31.5 Å². The first-order valence-corrected chi connectivity index (χ1v) is 6.67. The molecule has 1 aromatic carbocycles. The largest absolute Gasteiger partial charge is 0.507 e. The van der Waals surface area contributed by atoms with Crippen LogP contribution in [0, 0.1) is 6.92 Å². The Kier molecular flexibility index (Phi) is 4.07. The average Bonchev–Trinajstić information content (AvgIpc) is 2.28. The number of benzene rings is 1. The van der Waals surface area contributed by atoms with Gasteiger partial charge in [-0.25, -0.2) is 0 Å². The molecular formula is C13H18BrNO2. The number of halogens is 1. The second-order valence-electron chi connectivity index (χ2n) is 4.62. The molecule has 4 heteroatoms. The van der Waals surface area contributed by atoms with Crippen LogP contribution in [0.5, 0.6) is 5.75 Å². The van der Waals surface area contributed by atoms with Crippen LogP contribution in [-0.4, -0.2) is 35.8 Å². The van der Waals surface area contributed by atoms with Crippen molar-refractivity contribution in [1.29, 1.82) is 0 Å². The third-order valence-electron chi connectivity index (χ3n) is 3.22. The number of rotatable bonds is 2. The normalized spacial score (nSPS) is 21.7. The lowest BCUT2D eigenvalue weighted by molar-refractivity contribution is -0.00465. The molecule has 1 aromatic rings. The number of hydrogen-bond acceptors (Lipinski definition) is 3. The number of aryl methyl sites for hydroxylation is 1. The first kappa shape index (κ1) is 12.9. The molecule has 1 aliphatic heterocycles. The first-order valence-electron chi connectivity index (χ1n) is 5.87. The highest BCUT2D eigenvalue weighted by molar-refractivity contribution is 9.10. The summed E-state index contributed by atoms with van der Waals surface area (Å²) in [7, 11) is 0. The predicted molar refractivity (Wildman–Crippen MR) is 71.2 cm³/mol. The van der Waals surface area contributed by atoms with Crippen LogP contribution in [0.2, 0.25) is 0 Å². The zero-order valence-electron chi connectivity index (χ0n) is 10.2. The molecule has 1 saturated heterocycles. The number of morpholine rings is 1. The summed E-state index contributed by atoms with van der Waals surface area (Å²) < 4.78 is 6.43. The number of aromatic hydroxyl groups is 1. The molecular weight excluding hydrogens is 282 g/mol. The highest BCUT2D eigenvalue weighted by Gasteiger charge is 2.20. The molecule has 0 saturated carbocycles. The third kappa shape index (κ3) is 3.00. The Morgan fingerprint density at radius 3 is 3.00 bits per heavy atom. The van der Waals surface area contributed by atoms with Gasteiger partial charge in [0.2, 0.25) is 0 Å². The maximum Gasteiger partial charge on any atom is 0.123 e. The molecule has 1 heterocycles. The van der Waals surface area contributed by atoms with Crippen molar-refractivity contribution >= 4 is 15.9 Å². The lowest BCUT2D eigenvalue weighted by Gasteiger charge is -2.33. The Hall–Kier alpha value is -0.580. The molecule has 1 atom stereocenters. The molecule has 0 radical (unpaired) electrons. The van der Waals surface area contributed by atoms with Gasteiger partial charge in [0, 0.05) is 29.2 Å². The second-order valence-corrected chi connectivity index (χ2v) is 5.54. The molecule has 1 unspecified atom stereocenters. The van der Waals surface area contributed by atoms with Crippen LogP contribution < -0.4 is 0 Å². The maximum atomic E-state index is 10.1. The summed E-state index contributed by atoms with van der Waals surface area (Å²) in [5.41, 5.74) is 1.89. The van der Waals surface area contributed by atoms with Crippen molar-refractivity contribution in [3.8, 4) is 5.75 Å². The van der Waals surface area contributed by atoms with E-state index in [1.807, 2.05) is 19.1 Å². The highest BCUT2D eigenvalue weighted by atomic mass is 79.9. The standard InChI is InChI=1S/C13H18BrNO2/c1-9-5-12(14)6-11(13(9)16)7-15-3-4-17-8-10(15)2/h5-6,10,16H,3-4,7-8H2,1-2H3. The van der Waals surface area contributed by atoms with Gasteiger partial charge >= 0.3 is 0 Å². The van der Waals surface area contributed by atoms with Crippen molar-refractivity contribution in [2.24, 2.45) is 0 Å². The topological polar surface area (TPSA) is 32.7 Å². The highest BCUT2D eigenvalue weighted by Crippen LogP contribution is 2.28. The van der Waals surface area contributed by atoms with Crippen molar-refractivity contribution in [1.82, 2.24) is 4.90 Å². The SMILES string of the molecule is Cc1cc(Br)cc(CN2CCOCC2C)c1O. The van der Waals surface area contributed by atoms with Crippen LogP contribution in [0.15, 0.2) is 16.6 Å². The summed E-state index contributed by atoms with van der Waals surface area (Å²) in [5.74, 6) is 0.409. The van der Waals surface area contributed by atoms with Gasteiger partial charge in [-0.1, -0.05) is 15.9 Å². The van der Waals surface area contributed by atoms with Gasteiger partial charge in [0.1, 0.15) is 5.75 Å². The van der Waals surface area contributed by atoms with Crippen molar-refractivity contribution < 1.29 is 9.84 Å². The molecule has 1 N–H and O–H groups in total. The monoisotopic (exact) mass is 299 g/mol. The molecule has 1 aliphatic rings. The fraction of sp³-hybridized carbons (Fsp3) is 0.538. The van der Waals surface area contributed by atoms with Crippen LogP contribution in [0.3, 0.4) is 0 Å². The minimum atomic E-state index is 0.405. The van der Waals surface area contributed by atoms with E-state index in [1.165, 1.54) is 0 Å². The van der Waals surface area contributed by atoms with Crippen LogP contribution in [-0.2, 0) is 11.3 Å². The van der Waals surface area contributed by atoms with Gasteiger partial charge in [-0.15, -0.1) is 0 Å². The minimum absolute atomic E-state index is 0.405. The van der Waals surface area contributed by atoms with Crippen molar-refractivity contribution in [3.05, 3.63) is 27.7 Å². The van der Waals surface area contributed by atoms with E-state index in [1.54, 1.807) is 0 Å². The average molecular weight is 300 g/mol. The van der Waals surface area contributed by atoms with Crippen LogP contribution >= 0.6 is 15.9 Å². The number of hydrogen-bond donors (Lipinski definition) is 1.